The second kappa shape index (κ2) is 4.45. The van der Waals surface area contributed by atoms with E-state index in [1.807, 2.05) is 0 Å². The van der Waals surface area contributed by atoms with Gasteiger partial charge in [-0.2, -0.15) is 4.98 Å². The van der Waals surface area contributed by atoms with Gasteiger partial charge >= 0.3 is 5.69 Å². The molecule has 9 heteroatoms. The van der Waals surface area contributed by atoms with Gasteiger partial charge in [-0.3, -0.25) is 4.57 Å². The lowest BCUT2D eigenvalue weighted by molar-refractivity contribution is 0.396. The molecule has 2 rings (SSSR count). The number of ether oxygens (including phenoxy) is 1. The number of H-pyrrole nitrogens is 1. The summed E-state index contributed by atoms with van der Waals surface area (Å²) in [5.41, 5.74) is 5.23. The van der Waals surface area contributed by atoms with Gasteiger partial charge < -0.3 is 10.5 Å². The number of nitrogen functional groups attached to an aromatic ring is 1. The second-order valence-electron chi connectivity index (χ2n) is 3.08. The van der Waals surface area contributed by atoms with Crippen molar-refractivity contribution in [1.29, 1.82) is 0 Å². The van der Waals surface area contributed by atoms with Crippen LogP contribution < -0.4 is 16.2 Å². The van der Waals surface area contributed by atoms with Crippen molar-refractivity contribution in [1.82, 2.24) is 24.7 Å². The Balaban J connectivity index is 2.33. The van der Waals surface area contributed by atoms with Crippen molar-refractivity contribution >= 4 is 17.7 Å². The Labute approximate surface area is 100 Å². The molecule has 17 heavy (non-hydrogen) atoms. The number of anilines is 1. The standard InChI is InChI=1S/C8H10N6O2S/c1-14-7(15)12-13-8(14)17-5-3-4(16-2)10-6(9)11-5/h3H,1-2H3,(H,12,15)(H2,9,10,11). The molecule has 8 nitrogen and oxygen atoms in total. The van der Waals surface area contributed by atoms with Crippen molar-refractivity contribution in [3.8, 4) is 5.88 Å². The van der Waals surface area contributed by atoms with Crippen LogP contribution in [0, 0.1) is 0 Å². The quantitative estimate of drug-likeness (QED) is 0.719. The lowest BCUT2D eigenvalue weighted by Crippen LogP contribution is -2.12. The van der Waals surface area contributed by atoms with E-state index >= 15 is 0 Å². The van der Waals surface area contributed by atoms with E-state index in [4.69, 9.17) is 10.5 Å². The Morgan fingerprint density at radius 2 is 2.29 bits per heavy atom. The average Bonchev–Trinajstić information content (AvgIpc) is 2.60. The summed E-state index contributed by atoms with van der Waals surface area (Å²) >= 11 is 1.19. The van der Waals surface area contributed by atoms with Crippen LogP contribution in [-0.2, 0) is 7.05 Å². The van der Waals surface area contributed by atoms with Crippen molar-refractivity contribution in [2.24, 2.45) is 7.05 Å². The first-order chi connectivity index (χ1) is 8.10. The minimum absolute atomic E-state index is 0.104. The van der Waals surface area contributed by atoms with Gasteiger partial charge in [0.05, 0.1) is 7.11 Å². The van der Waals surface area contributed by atoms with Crippen molar-refractivity contribution in [3.05, 3.63) is 16.6 Å². The van der Waals surface area contributed by atoms with Crippen molar-refractivity contribution in [2.75, 3.05) is 12.8 Å². The summed E-state index contributed by atoms with van der Waals surface area (Å²) in [5, 5.41) is 7.21. The molecule has 2 aromatic rings. The van der Waals surface area contributed by atoms with Crippen LogP contribution in [0.4, 0.5) is 5.95 Å². The first kappa shape index (κ1) is 11.5. The highest BCUT2D eigenvalue weighted by Gasteiger charge is 2.09. The maximum absolute atomic E-state index is 11.2. The third kappa shape index (κ3) is 2.38. The van der Waals surface area contributed by atoms with Crippen molar-refractivity contribution in [3.63, 3.8) is 0 Å². The average molecular weight is 254 g/mol. The minimum atomic E-state index is -0.290. The third-order valence-electron chi connectivity index (χ3n) is 1.94. The van der Waals surface area contributed by atoms with Crippen LogP contribution in [0.2, 0.25) is 0 Å². The molecule has 0 saturated carbocycles. The molecule has 0 amide bonds. The van der Waals surface area contributed by atoms with Gasteiger partial charge in [0.1, 0.15) is 5.03 Å². The second-order valence-corrected chi connectivity index (χ2v) is 4.07. The maximum atomic E-state index is 11.2. The summed E-state index contributed by atoms with van der Waals surface area (Å²) in [5.74, 6) is 0.466. The molecule has 2 heterocycles. The van der Waals surface area contributed by atoms with E-state index in [0.29, 0.717) is 16.1 Å². The number of rotatable bonds is 3. The van der Waals surface area contributed by atoms with Crippen LogP contribution in [0.3, 0.4) is 0 Å². The van der Waals surface area contributed by atoms with Crippen LogP contribution in [0.5, 0.6) is 5.88 Å². The molecular weight excluding hydrogens is 244 g/mol. The van der Waals surface area contributed by atoms with E-state index in [1.165, 1.54) is 23.4 Å². The fraction of sp³-hybridized carbons (Fsp3) is 0.250. The van der Waals surface area contributed by atoms with Crippen molar-refractivity contribution in [2.45, 2.75) is 10.2 Å². The van der Waals surface area contributed by atoms with Gasteiger partial charge in [-0.05, 0) is 11.8 Å². The molecule has 0 radical (unpaired) electrons. The molecule has 0 fully saturated rings. The molecule has 0 aliphatic rings. The van der Waals surface area contributed by atoms with Crippen LogP contribution >= 0.6 is 11.8 Å². The van der Waals surface area contributed by atoms with Crippen molar-refractivity contribution < 1.29 is 4.74 Å². The summed E-state index contributed by atoms with van der Waals surface area (Å²) in [6.45, 7) is 0. The van der Waals surface area contributed by atoms with Gasteiger partial charge in [0.15, 0.2) is 5.16 Å². The summed E-state index contributed by atoms with van der Waals surface area (Å²) in [7, 11) is 3.09. The first-order valence-electron chi connectivity index (χ1n) is 4.58. The predicted octanol–water partition coefficient (Wildman–Crippen LogP) is -0.360. The van der Waals surface area contributed by atoms with Crippen LogP contribution in [0.1, 0.15) is 0 Å². The molecule has 0 aliphatic heterocycles. The third-order valence-corrected chi connectivity index (χ3v) is 2.91. The largest absolute Gasteiger partial charge is 0.481 e. The van der Waals surface area contributed by atoms with Crippen LogP contribution in [0.25, 0.3) is 0 Å². The van der Waals surface area contributed by atoms with E-state index < -0.39 is 0 Å². The number of aromatic amines is 1. The lowest BCUT2D eigenvalue weighted by atomic mass is 10.6. The predicted molar refractivity (Wildman–Crippen MR) is 60.9 cm³/mol. The Kier molecular flexibility index (Phi) is 3.00. The molecule has 0 saturated heterocycles. The van der Waals surface area contributed by atoms with Gasteiger partial charge in [-0.15, -0.1) is 5.10 Å². The number of aromatic nitrogens is 5. The maximum Gasteiger partial charge on any atom is 0.343 e. The zero-order valence-corrected chi connectivity index (χ0v) is 9.98. The first-order valence-corrected chi connectivity index (χ1v) is 5.39. The van der Waals surface area contributed by atoms with Gasteiger partial charge in [0.25, 0.3) is 0 Å². The molecule has 90 valence electrons. The topological polar surface area (TPSA) is 112 Å². The number of methoxy groups -OCH3 is 1. The van der Waals surface area contributed by atoms with Gasteiger partial charge in [-0.1, -0.05) is 0 Å². The number of nitrogens with two attached hydrogens (primary N) is 1. The van der Waals surface area contributed by atoms with Crippen LogP contribution in [-0.4, -0.2) is 31.8 Å². The molecule has 0 aromatic carbocycles. The number of hydrogen-bond acceptors (Lipinski definition) is 7. The van der Waals surface area contributed by atoms with E-state index in [9.17, 15) is 4.79 Å². The Morgan fingerprint density at radius 3 is 2.88 bits per heavy atom. The fourth-order valence-corrected chi connectivity index (χ4v) is 1.89. The normalized spacial score (nSPS) is 10.5. The molecule has 0 atom stereocenters. The minimum Gasteiger partial charge on any atom is -0.481 e. The molecular formula is C8H10N6O2S. The number of hydrogen-bond donors (Lipinski definition) is 2. The molecule has 2 aromatic heterocycles. The smallest absolute Gasteiger partial charge is 0.343 e. The molecule has 3 N–H and O–H groups in total. The zero-order chi connectivity index (χ0) is 12.4. The summed E-state index contributed by atoms with van der Waals surface area (Å²) in [6, 6.07) is 1.61. The highest BCUT2D eigenvalue weighted by atomic mass is 32.2. The Bertz CT molecular complexity index is 592. The highest BCUT2D eigenvalue weighted by Crippen LogP contribution is 2.25. The number of nitrogens with one attached hydrogen (secondary N) is 1. The Morgan fingerprint density at radius 1 is 1.53 bits per heavy atom. The molecule has 0 bridgehead atoms. The zero-order valence-electron chi connectivity index (χ0n) is 9.17. The highest BCUT2D eigenvalue weighted by molar-refractivity contribution is 7.99. The molecule has 0 aliphatic carbocycles. The van der Waals surface area contributed by atoms with E-state index in [1.54, 1.807) is 13.1 Å². The fourth-order valence-electron chi connectivity index (χ4n) is 1.10. The van der Waals surface area contributed by atoms with Gasteiger partial charge in [0, 0.05) is 13.1 Å². The van der Waals surface area contributed by atoms with E-state index in [0.717, 1.165) is 0 Å². The van der Waals surface area contributed by atoms with E-state index in [-0.39, 0.29) is 11.6 Å². The summed E-state index contributed by atoms with van der Waals surface area (Å²) < 4.78 is 6.34. The Hall–Kier alpha value is -2.03. The van der Waals surface area contributed by atoms with Crippen LogP contribution in [0.15, 0.2) is 21.0 Å². The monoisotopic (exact) mass is 254 g/mol. The SMILES string of the molecule is COc1cc(Sc2n[nH]c(=O)n2C)nc(N)n1. The number of nitrogens with zero attached hydrogens (tertiary/aromatic N) is 4. The van der Waals surface area contributed by atoms with E-state index in [2.05, 4.69) is 20.2 Å². The van der Waals surface area contributed by atoms with Gasteiger partial charge in [0.2, 0.25) is 11.8 Å². The molecule has 0 unspecified atom stereocenters. The summed E-state index contributed by atoms with van der Waals surface area (Å²) in [6.07, 6.45) is 0. The summed E-state index contributed by atoms with van der Waals surface area (Å²) in [4.78, 5) is 19.0. The lowest BCUT2D eigenvalue weighted by Gasteiger charge is -2.03. The molecule has 0 spiro atoms. The van der Waals surface area contributed by atoms with Gasteiger partial charge in [-0.25, -0.2) is 14.9 Å².